The molecule has 0 saturated heterocycles. The Hall–Kier alpha value is -2.99. The minimum atomic E-state index is -0.190. The third-order valence-electron chi connectivity index (χ3n) is 5.79. The molecule has 156 valence electrons. The van der Waals surface area contributed by atoms with E-state index in [-0.39, 0.29) is 24.1 Å². The SMILES string of the molecule is CC[C@@H](NC(=O)c1ccc2cnc(N[C@H]3CC[C@H](O)CC3)nc2c1)c1ccccc1. The van der Waals surface area contributed by atoms with Gasteiger partial charge in [0.15, 0.2) is 0 Å². The van der Waals surface area contributed by atoms with Gasteiger partial charge in [-0.15, -0.1) is 0 Å². The molecule has 30 heavy (non-hydrogen) atoms. The van der Waals surface area contributed by atoms with Crippen molar-refractivity contribution in [3.05, 3.63) is 65.9 Å². The topological polar surface area (TPSA) is 87.1 Å². The number of aliphatic hydroxyl groups excluding tert-OH is 1. The fourth-order valence-electron chi connectivity index (χ4n) is 3.98. The van der Waals surface area contributed by atoms with Crippen LogP contribution in [-0.2, 0) is 0 Å². The van der Waals surface area contributed by atoms with Gasteiger partial charge in [-0.25, -0.2) is 9.97 Å². The van der Waals surface area contributed by atoms with Crippen LogP contribution in [0.3, 0.4) is 0 Å². The van der Waals surface area contributed by atoms with Crippen LogP contribution in [0.15, 0.2) is 54.7 Å². The molecule has 0 radical (unpaired) electrons. The summed E-state index contributed by atoms with van der Waals surface area (Å²) in [5.41, 5.74) is 2.42. The molecular weight excluding hydrogens is 376 g/mol. The number of fused-ring (bicyclic) bond motifs is 1. The number of rotatable bonds is 6. The second-order valence-electron chi connectivity index (χ2n) is 7.96. The molecule has 1 fully saturated rings. The molecule has 1 aliphatic rings. The van der Waals surface area contributed by atoms with Crippen molar-refractivity contribution in [2.24, 2.45) is 0 Å². The number of anilines is 1. The molecule has 4 rings (SSSR count). The van der Waals surface area contributed by atoms with E-state index in [0.29, 0.717) is 11.5 Å². The van der Waals surface area contributed by atoms with Gasteiger partial charge >= 0.3 is 0 Å². The lowest BCUT2D eigenvalue weighted by atomic mass is 9.93. The standard InChI is InChI=1S/C24H28N4O2/c1-2-21(16-6-4-3-5-7-16)27-23(30)17-8-9-18-15-25-24(28-22(18)14-17)26-19-10-12-20(29)13-11-19/h3-9,14-15,19-21,29H,2,10-13H2,1H3,(H,27,30)(H,25,26,28)/t19-,20-,21-/m1/s1. The fraction of sp³-hybridized carbons (Fsp3) is 0.375. The van der Waals surface area contributed by atoms with E-state index in [1.807, 2.05) is 48.5 Å². The number of aliphatic hydroxyl groups is 1. The molecule has 0 aliphatic heterocycles. The number of aromatic nitrogens is 2. The molecule has 1 aromatic heterocycles. The van der Waals surface area contributed by atoms with E-state index in [1.165, 1.54) is 0 Å². The van der Waals surface area contributed by atoms with Gasteiger partial charge in [0.05, 0.1) is 17.7 Å². The molecule has 1 aliphatic carbocycles. The van der Waals surface area contributed by atoms with Crippen molar-refractivity contribution >= 4 is 22.8 Å². The molecular formula is C24H28N4O2. The second-order valence-corrected chi connectivity index (χ2v) is 7.96. The number of carbonyl (C=O) groups is 1. The minimum Gasteiger partial charge on any atom is -0.393 e. The lowest BCUT2D eigenvalue weighted by Crippen LogP contribution is -2.29. The largest absolute Gasteiger partial charge is 0.393 e. The van der Waals surface area contributed by atoms with E-state index in [4.69, 9.17) is 0 Å². The quantitative estimate of drug-likeness (QED) is 0.572. The molecule has 3 aromatic rings. The maximum Gasteiger partial charge on any atom is 0.251 e. The van der Waals surface area contributed by atoms with Gasteiger partial charge in [0.2, 0.25) is 5.95 Å². The highest BCUT2D eigenvalue weighted by molar-refractivity contribution is 5.98. The summed E-state index contributed by atoms with van der Waals surface area (Å²) in [6.45, 7) is 2.06. The van der Waals surface area contributed by atoms with Crippen LogP contribution >= 0.6 is 0 Å². The summed E-state index contributed by atoms with van der Waals surface area (Å²) in [5, 5.41) is 17.1. The first-order valence-corrected chi connectivity index (χ1v) is 10.7. The van der Waals surface area contributed by atoms with Crippen molar-refractivity contribution in [3.8, 4) is 0 Å². The number of amides is 1. The van der Waals surface area contributed by atoms with Crippen molar-refractivity contribution in [1.82, 2.24) is 15.3 Å². The van der Waals surface area contributed by atoms with Crippen molar-refractivity contribution < 1.29 is 9.90 Å². The van der Waals surface area contributed by atoms with Crippen LogP contribution in [0, 0.1) is 0 Å². The first kappa shape index (κ1) is 20.3. The Morgan fingerprint density at radius 2 is 1.90 bits per heavy atom. The molecule has 0 bridgehead atoms. The van der Waals surface area contributed by atoms with E-state index >= 15 is 0 Å². The highest BCUT2D eigenvalue weighted by Crippen LogP contribution is 2.22. The Balaban J connectivity index is 1.49. The lowest BCUT2D eigenvalue weighted by molar-refractivity contribution is 0.0935. The van der Waals surface area contributed by atoms with Gasteiger partial charge in [-0.2, -0.15) is 0 Å². The van der Waals surface area contributed by atoms with Crippen LogP contribution in [0.5, 0.6) is 0 Å². The zero-order valence-electron chi connectivity index (χ0n) is 17.2. The van der Waals surface area contributed by atoms with E-state index in [0.717, 1.165) is 48.6 Å². The summed E-state index contributed by atoms with van der Waals surface area (Å²) in [4.78, 5) is 21.9. The van der Waals surface area contributed by atoms with Crippen LogP contribution in [-0.4, -0.2) is 33.1 Å². The fourth-order valence-corrected chi connectivity index (χ4v) is 3.98. The summed E-state index contributed by atoms with van der Waals surface area (Å²) in [5.74, 6) is 0.458. The summed E-state index contributed by atoms with van der Waals surface area (Å²) in [6, 6.07) is 15.8. The van der Waals surface area contributed by atoms with Crippen molar-refractivity contribution in [3.63, 3.8) is 0 Å². The summed E-state index contributed by atoms with van der Waals surface area (Å²) >= 11 is 0. The molecule has 1 atom stereocenters. The average molecular weight is 405 g/mol. The van der Waals surface area contributed by atoms with Crippen molar-refractivity contribution in [2.45, 2.75) is 57.2 Å². The Bertz CT molecular complexity index is 1000. The number of benzene rings is 2. The molecule has 6 nitrogen and oxygen atoms in total. The second kappa shape index (κ2) is 9.22. The van der Waals surface area contributed by atoms with E-state index in [2.05, 4.69) is 27.5 Å². The zero-order valence-corrected chi connectivity index (χ0v) is 17.2. The zero-order chi connectivity index (χ0) is 20.9. The van der Waals surface area contributed by atoms with Crippen LogP contribution < -0.4 is 10.6 Å². The van der Waals surface area contributed by atoms with Crippen LogP contribution in [0.1, 0.15) is 61.0 Å². The van der Waals surface area contributed by atoms with Gasteiger partial charge in [-0.05, 0) is 49.8 Å². The first-order valence-electron chi connectivity index (χ1n) is 10.7. The third-order valence-corrected chi connectivity index (χ3v) is 5.79. The van der Waals surface area contributed by atoms with Crippen LogP contribution in [0.25, 0.3) is 10.9 Å². The molecule has 1 saturated carbocycles. The Labute approximate surface area is 176 Å². The number of nitrogens with zero attached hydrogens (tertiary/aromatic N) is 2. The molecule has 0 spiro atoms. The Morgan fingerprint density at radius 1 is 1.13 bits per heavy atom. The molecule has 3 N–H and O–H groups in total. The van der Waals surface area contributed by atoms with Gasteiger partial charge in [-0.1, -0.05) is 43.3 Å². The van der Waals surface area contributed by atoms with Gasteiger partial charge < -0.3 is 15.7 Å². The summed E-state index contributed by atoms with van der Waals surface area (Å²) in [6.07, 6.45) is 5.82. The molecule has 1 heterocycles. The maximum absolute atomic E-state index is 12.9. The van der Waals surface area contributed by atoms with E-state index < -0.39 is 0 Å². The minimum absolute atomic E-state index is 0.0290. The molecule has 2 aromatic carbocycles. The Kier molecular flexibility index (Phi) is 6.23. The average Bonchev–Trinajstić information content (AvgIpc) is 2.79. The molecule has 0 unspecified atom stereocenters. The lowest BCUT2D eigenvalue weighted by Gasteiger charge is -2.26. The van der Waals surface area contributed by atoms with E-state index in [1.54, 1.807) is 6.20 Å². The van der Waals surface area contributed by atoms with Gasteiger partial charge in [0, 0.05) is 23.2 Å². The van der Waals surface area contributed by atoms with E-state index in [9.17, 15) is 9.90 Å². The van der Waals surface area contributed by atoms with Gasteiger partial charge in [0.1, 0.15) is 0 Å². The number of hydrogen-bond donors (Lipinski definition) is 3. The Morgan fingerprint density at radius 3 is 2.63 bits per heavy atom. The predicted molar refractivity (Wildman–Crippen MR) is 118 cm³/mol. The normalized spacial score (nSPS) is 19.9. The predicted octanol–water partition coefficient (Wildman–Crippen LogP) is 4.23. The number of carbonyl (C=O) groups excluding carboxylic acids is 1. The van der Waals surface area contributed by atoms with Crippen molar-refractivity contribution in [1.29, 1.82) is 0 Å². The van der Waals surface area contributed by atoms with Crippen molar-refractivity contribution in [2.75, 3.05) is 5.32 Å². The highest BCUT2D eigenvalue weighted by Gasteiger charge is 2.20. The first-order chi connectivity index (χ1) is 14.6. The highest BCUT2D eigenvalue weighted by atomic mass is 16.3. The number of hydrogen-bond acceptors (Lipinski definition) is 5. The summed E-state index contributed by atoms with van der Waals surface area (Å²) in [7, 11) is 0. The molecule has 1 amide bonds. The third kappa shape index (κ3) is 4.76. The van der Waals surface area contributed by atoms with Gasteiger partial charge in [-0.3, -0.25) is 4.79 Å². The number of nitrogens with one attached hydrogen (secondary N) is 2. The van der Waals surface area contributed by atoms with Crippen LogP contribution in [0.2, 0.25) is 0 Å². The smallest absolute Gasteiger partial charge is 0.251 e. The molecule has 6 heteroatoms. The maximum atomic E-state index is 12.9. The van der Waals surface area contributed by atoms with Crippen LogP contribution in [0.4, 0.5) is 5.95 Å². The monoisotopic (exact) mass is 404 g/mol. The van der Waals surface area contributed by atoms with Gasteiger partial charge in [0.25, 0.3) is 5.91 Å². The summed E-state index contributed by atoms with van der Waals surface area (Å²) < 4.78 is 0.